The predicted octanol–water partition coefficient (Wildman–Crippen LogP) is -2.43. The summed E-state index contributed by atoms with van der Waals surface area (Å²) in [6, 6.07) is -0.256. The maximum atomic E-state index is 11.5. The largest absolute Gasteiger partial charge is 0.394 e. The summed E-state index contributed by atoms with van der Waals surface area (Å²) in [5, 5.41) is 22.4. The summed E-state index contributed by atoms with van der Waals surface area (Å²) in [5.74, 6) is -0.233. The zero-order chi connectivity index (χ0) is 15.2. The summed E-state index contributed by atoms with van der Waals surface area (Å²) in [5.41, 5.74) is 0. The van der Waals surface area contributed by atoms with Crippen LogP contribution in [0.2, 0.25) is 0 Å². The first-order chi connectivity index (χ1) is 10.2. The van der Waals surface area contributed by atoms with Crippen molar-refractivity contribution in [3.05, 3.63) is 0 Å². The molecule has 0 aliphatic carbocycles. The highest BCUT2D eigenvalue weighted by atomic mass is 16.5. The molecule has 122 valence electrons. The van der Waals surface area contributed by atoms with Crippen molar-refractivity contribution in [1.82, 2.24) is 10.2 Å². The Labute approximate surface area is 124 Å². The van der Waals surface area contributed by atoms with Crippen LogP contribution in [0.15, 0.2) is 0 Å². The van der Waals surface area contributed by atoms with Crippen molar-refractivity contribution in [3.63, 3.8) is 0 Å². The number of aliphatic hydroxyl groups is 2. The van der Waals surface area contributed by atoms with E-state index in [-0.39, 0.29) is 37.8 Å². The second-order valence-corrected chi connectivity index (χ2v) is 5.26. The second-order valence-electron chi connectivity index (χ2n) is 5.26. The zero-order valence-corrected chi connectivity index (χ0v) is 12.2. The molecule has 0 radical (unpaired) electrons. The first-order valence-corrected chi connectivity index (χ1v) is 7.19. The van der Waals surface area contributed by atoms with Gasteiger partial charge in [-0.2, -0.15) is 0 Å². The summed E-state index contributed by atoms with van der Waals surface area (Å²) in [7, 11) is 1.45. The first-order valence-electron chi connectivity index (χ1n) is 7.19. The molecule has 8 nitrogen and oxygen atoms in total. The second kappa shape index (κ2) is 8.02. The summed E-state index contributed by atoms with van der Waals surface area (Å²) in [4.78, 5) is 13.6. The van der Waals surface area contributed by atoms with Crippen LogP contribution in [0.3, 0.4) is 0 Å². The van der Waals surface area contributed by atoms with Gasteiger partial charge in [0.25, 0.3) is 0 Å². The summed E-state index contributed by atoms with van der Waals surface area (Å²) >= 11 is 0. The van der Waals surface area contributed by atoms with Crippen molar-refractivity contribution in [2.75, 3.05) is 53.2 Å². The first kappa shape index (κ1) is 16.6. The molecule has 0 aromatic rings. The Hall–Kier alpha value is -0.770. The van der Waals surface area contributed by atoms with E-state index in [4.69, 9.17) is 14.2 Å². The predicted molar refractivity (Wildman–Crippen MR) is 72.8 cm³/mol. The fourth-order valence-corrected chi connectivity index (χ4v) is 2.87. The number of carbonyl (C=O) groups excluding carboxylic acids is 1. The number of amides is 1. The van der Waals surface area contributed by atoms with Crippen LogP contribution in [0, 0.1) is 0 Å². The van der Waals surface area contributed by atoms with E-state index in [9.17, 15) is 15.0 Å². The van der Waals surface area contributed by atoms with Crippen LogP contribution in [0.5, 0.6) is 0 Å². The van der Waals surface area contributed by atoms with Crippen molar-refractivity contribution in [3.8, 4) is 0 Å². The Balaban J connectivity index is 1.96. The molecule has 0 bridgehead atoms. The van der Waals surface area contributed by atoms with Gasteiger partial charge in [-0.05, 0) is 0 Å². The van der Waals surface area contributed by atoms with Crippen LogP contribution in [-0.4, -0.2) is 98.5 Å². The normalized spacial score (nSPS) is 34.0. The van der Waals surface area contributed by atoms with Gasteiger partial charge in [-0.1, -0.05) is 0 Å². The molecule has 1 amide bonds. The Morgan fingerprint density at radius 3 is 2.71 bits per heavy atom. The third-order valence-electron chi connectivity index (χ3n) is 3.88. The average Bonchev–Trinajstić information content (AvgIpc) is 2.82. The number of methoxy groups -OCH3 is 1. The summed E-state index contributed by atoms with van der Waals surface area (Å²) < 4.78 is 15.7. The van der Waals surface area contributed by atoms with Crippen LogP contribution in [0.1, 0.15) is 0 Å². The maximum absolute atomic E-state index is 11.5. The minimum Gasteiger partial charge on any atom is -0.394 e. The number of hydrogen-bond donors (Lipinski definition) is 3. The Bertz CT molecular complexity index is 337. The van der Waals surface area contributed by atoms with Crippen LogP contribution < -0.4 is 5.32 Å². The van der Waals surface area contributed by atoms with E-state index in [1.165, 1.54) is 7.11 Å². The van der Waals surface area contributed by atoms with Crippen molar-refractivity contribution < 1.29 is 29.2 Å². The molecule has 2 heterocycles. The lowest BCUT2D eigenvalue weighted by Gasteiger charge is -2.36. The van der Waals surface area contributed by atoms with Gasteiger partial charge in [0.05, 0.1) is 32.0 Å². The van der Waals surface area contributed by atoms with E-state index in [0.717, 1.165) is 0 Å². The minimum absolute atomic E-state index is 0.0130. The maximum Gasteiger partial charge on any atom is 0.246 e. The van der Waals surface area contributed by atoms with Crippen molar-refractivity contribution in [1.29, 1.82) is 0 Å². The van der Waals surface area contributed by atoms with Crippen molar-refractivity contribution >= 4 is 5.91 Å². The highest BCUT2D eigenvalue weighted by Gasteiger charge is 2.46. The number of carbonyl (C=O) groups is 1. The monoisotopic (exact) mass is 304 g/mol. The lowest BCUT2D eigenvalue weighted by atomic mass is 10.0. The number of nitrogens with zero attached hydrogens (tertiary/aromatic N) is 1. The number of hydrogen-bond acceptors (Lipinski definition) is 7. The highest BCUT2D eigenvalue weighted by Crippen LogP contribution is 2.26. The van der Waals surface area contributed by atoms with Gasteiger partial charge in [0.15, 0.2) is 0 Å². The number of aliphatic hydroxyl groups excluding tert-OH is 2. The van der Waals surface area contributed by atoms with Gasteiger partial charge in [0, 0.05) is 26.7 Å². The SMILES string of the molecule is COCC(=O)NCC1OC(CO)C(O)C1N1CCOCC1. The molecule has 0 aromatic carbocycles. The summed E-state index contributed by atoms with van der Waals surface area (Å²) in [6.07, 6.45) is -1.77. The number of rotatable bonds is 6. The Morgan fingerprint density at radius 1 is 1.38 bits per heavy atom. The highest BCUT2D eigenvalue weighted by molar-refractivity contribution is 5.77. The van der Waals surface area contributed by atoms with E-state index in [1.807, 2.05) is 0 Å². The van der Waals surface area contributed by atoms with Gasteiger partial charge in [0.2, 0.25) is 5.91 Å². The van der Waals surface area contributed by atoms with Crippen LogP contribution in [-0.2, 0) is 19.0 Å². The molecule has 2 saturated heterocycles. The zero-order valence-electron chi connectivity index (χ0n) is 12.2. The molecular formula is C13H24N2O6. The van der Waals surface area contributed by atoms with E-state index in [2.05, 4.69) is 10.2 Å². The molecule has 21 heavy (non-hydrogen) atoms. The van der Waals surface area contributed by atoms with E-state index < -0.39 is 12.2 Å². The van der Waals surface area contributed by atoms with Gasteiger partial charge in [-0.15, -0.1) is 0 Å². The van der Waals surface area contributed by atoms with E-state index in [0.29, 0.717) is 26.3 Å². The smallest absolute Gasteiger partial charge is 0.246 e. The molecule has 0 aromatic heterocycles. The van der Waals surface area contributed by atoms with Gasteiger partial charge >= 0.3 is 0 Å². The average molecular weight is 304 g/mol. The third kappa shape index (κ3) is 4.12. The fraction of sp³-hybridized carbons (Fsp3) is 0.923. The van der Waals surface area contributed by atoms with Gasteiger partial charge in [-0.3, -0.25) is 9.69 Å². The Morgan fingerprint density at radius 2 is 2.10 bits per heavy atom. The molecule has 2 aliphatic heterocycles. The molecule has 2 aliphatic rings. The number of nitrogens with one attached hydrogen (secondary N) is 1. The Kier molecular flexibility index (Phi) is 6.34. The molecule has 0 spiro atoms. The van der Waals surface area contributed by atoms with Gasteiger partial charge in [-0.25, -0.2) is 0 Å². The van der Waals surface area contributed by atoms with Gasteiger partial charge in [0.1, 0.15) is 18.8 Å². The van der Waals surface area contributed by atoms with Crippen LogP contribution in [0.4, 0.5) is 0 Å². The van der Waals surface area contributed by atoms with E-state index >= 15 is 0 Å². The van der Waals surface area contributed by atoms with E-state index in [1.54, 1.807) is 0 Å². The lowest BCUT2D eigenvalue weighted by Crippen LogP contribution is -2.54. The minimum atomic E-state index is -0.780. The van der Waals surface area contributed by atoms with Crippen LogP contribution >= 0.6 is 0 Å². The number of morpholine rings is 1. The molecule has 3 N–H and O–H groups in total. The third-order valence-corrected chi connectivity index (χ3v) is 3.88. The summed E-state index contributed by atoms with van der Waals surface area (Å²) in [6.45, 7) is 2.63. The molecule has 4 unspecified atom stereocenters. The van der Waals surface area contributed by atoms with Gasteiger partial charge < -0.3 is 29.7 Å². The van der Waals surface area contributed by atoms with Crippen molar-refractivity contribution in [2.24, 2.45) is 0 Å². The molecule has 8 heteroatoms. The topological polar surface area (TPSA) is 100 Å². The van der Waals surface area contributed by atoms with Crippen LogP contribution in [0.25, 0.3) is 0 Å². The molecular weight excluding hydrogens is 280 g/mol. The standard InChI is InChI=1S/C13H24N2O6/c1-19-8-11(17)14-6-9-12(13(18)10(7-16)21-9)15-2-4-20-5-3-15/h9-10,12-13,16,18H,2-8H2,1H3,(H,14,17). The van der Waals surface area contributed by atoms with Crippen molar-refractivity contribution in [2.45, 2.75) is 24.4 Å². The fourth-order valence-electron chi connectivity index (χ4n) is 2.87. The lowest BCUT2D eigenvalue weighted by molar-refractivity contribution is -0.125. The molecule has 4 atom stereocenters. The molecule has 0 saturated carbocycles. The quantitative estimate of drug-likeness (QED) is 0.502. The molecule has 2 rings (SSSR count). The molecule has 2 fully saturated rings. The number of ether oxygens (including phenoxy) is 3.